The summed E-state index contributed by atoms with van der Waals surface area (Å²) in [4.78, 5) is 4.70. The average Bonchev–Trinajstić information content (AvgIpc) is 2.95. The maximum Gasteiger partial charge on any atom is 0.301 e. The molecule has 116 valence electrons. The fourth-order valence-electron chi connectivity index (χ4n) is 1.48. The van der Waals surface area contributed by atoms with E-state index in [1.54, 1.807) is 24.3 Å². The quantitative estimate of drug-likeness (QED) is 0.244. The van der Waals surface area contributed by atoms with E-state index < -0.39 is 11.9 Å². The first-order valence-electron chi connectivity index (χ1n) is 6.21. The Hall–Kier alpha value is -1.80. The molecule has 1 heterocycles. The molecule has 0 unspecified atom stereocenters. The summed E-state index contributed by atoms with van der Waals surface area (Å²) in [6.07, 6.45) is 0.281. The van der Waals surface area contributed by atoms with E-state index in [4.69, 9.17) is 0 Å². The highest BCUT2D eigenvalue weighted by Crippen LogP contribution is 2.26. The number of halogens is 3. The Kier molecular flexibility index (Phi) is 6.02. The Morgan fingerprint density at radius 3 is 2.68 bits per heavy atom. The Balaban J connectivity index is 1.96. The lowest BCUT2D eigenvalue weighted by atomic mass is 10.3. The summed E-state index contributed by atoms with van der Waals surface area (Å²) < 4.78 is 37.8. The maximum absolute atomic E-state index is 12.6. The number of rotatable bonds is 6. The monoisotopic (exact) mass is 344 g/mol. The van der Waals surface area contributed by atoms with Crippen LogP contribution < -0.4 is 0 Å². The predicted molar refractivity (Wildman–Crippen MR) is 82.7 cm³/mol. The summed E-state index contributed by atoms with van der Waals surface area (Å²) in [5.74, 6) is -1.23. The third-order valence-corrected chi connectivity index (χ3v) is 4.60. The number of para-hydroxylation sites is 1. The van der Waals surface area contributed by atoms with E-state index >= 15 is 0 Å². The van der Waals surface area contributed by atoms with Gasteiger partial charge in [0.2, 0.25) is 5.69 Å². The van der Waals surface area contributed by atoms with Gasteiger partial charge in [-0.3, -0.25) is 0 Å². The Labute approximate surface area is 133 Å². The molecule has 0 saturated heterocycles. The number of allylic oxidation sites excluding steroid dienone is 1. The Morgan fingerprint density at radius 2 is 2.00 bits per heavy atom. The van der Waals surface area contributed by atoms with Crippen LogP contribution in [0.4, 0.5) is 18.9 Å². The minimum Gasteiger partial charge on any atom is -0.618 e. The largest absolute Gasteiger partial charge is 0.618 e. The topological polar surface area (TPSA) is 39.0 Å². The van der Waals surface area contributed by atoms with Crippen LogP contribution in [0.1, 0.15) is 11.3 Å². The molecule has 0 aliphatic rings. The van der Waals surface area contributed by atoms with Crippen molar-refractivity contribution in [1.82, 2.24) is 4.98 Å². The lowest BCUT2D eigenvalue weighted by molar-refractivity contribution is -0.354. The standard InChI is InChI=1S/C14H11F3N2OS2/c15-12(13(16)17)6-7-21-14-18-8-11(22-14)9-19(20)10-4-2-1-3-5-10/h1-5,8-9H,6-7H2/b19-9-. The number of thiazole rings is 1. The van der Waals surface area contributed by atoms with Crippen molar-refractivity contribution in [3.8, 4) is 0 Å². The van der Waals surface area contributed by atoms with Gasteiger partial charge in [0.15, 0.2) is 16.4 Å². The maximum atomic E-state index is 12.6. The second-order valence-electron chi connectivity index (χ2n) is 4.08. The van der Waals surface area contributed by atoms with Gasteiger partial charge in [-0.25, -0.2) is 9.37 Å². The van der Waals surface area contributed by atoms with E-state index in [-0.39, 0.29) is 12.2 Å². The van der Waals surface area contributed by atoms with E-state index in [1.165, 1.54) is 35.5 Å². The molecule has 0 radical (unpaired) electrons. The van der Waals surface area contributed by atoms with Gasteiger partial charge in [-0.15, -0.1) is 11.3 Å². The van der Waals surface area contributed by atoms with Crippen LogP contribution in [-0.4, -0.2) is 21.7 Å². The molecule has 2 rings (SSSR count). The molecular weight excluding hydrogens is 333 g/mol. The number of thioether (sulfide) groups is 1. The summed E-state index contributed by atoms with van der Waals surface area (Å²) in [6, 6.07) is 8.69. The van der Waals surface area contributed by atoms with Crippen LogP contribution in [0, 0.1) is 5.21 Å². The van der Waals surface area contributed by atoms with Crippen LogP contribution in [0.5, 0.6) is 0 Å². The molecule has 1 aromatic carbocycles. The minimum absolute atomic E-state index is 0.163. The smallest absolute Gasteiger partial charge is 0.301 e. The van der Waals surface area contributed by atoms with Crippen LogP contribution in [0.3, 0.4) is 0 Å². The molecule has 0 amide bonds. The number of hydrogen-bond acceptors (Lipinski definition) is 4. The molecule has 0 spiro atoms. The highest BCUT2D eigenvalue weighted by atomic mass is 32.2. The van der Waals surface area contributed by atoms with Crippen molar-refractivity contribution < 1.29 is 17.9 Å². The highest BCUT2D eigenvalue weighted by Gasteiger charge is 2.08. The summed E-state index contributed by atoms with van der Waals surface area (Å²) in [7, 11) is 0. The van der Waals surface area contributed by atoms with Gasteiger partial charge in [0.25, 0.3) is 0 Å². The minimum atomic E-state index is -2.28. The van der Waals surface area contributed by atoms with Crippen molar-refractivity contribution in [2.45, 2.75) is 10.8 Å². The van der Waals surface area contributed by atoms with Crippen molar-refractivity contribution in [2.24, 2.45) is 0 Å². The summed E-state index contributed by atoms with van der Waals surface area (Å²) in [5.41, 5.74) is 0.496. The van der Waals surface area contributed by atoms with Gasteiger partial charge >= 0.3 is 6.08 Å². The zero-order valence-electron chi connectivity index (χ0n) is 11.2. The second kappa shape index (κ2) is 8.00. The molecule has 2 aromatic rings. The van der Waals surface area contributed by atoms with E-state index in [0.717, 1.165) is 4.74 Å². The zero-order valence-corrected chi connectivity index (χ0v) is 12.8. The lowest BCUT2D eigenvalue weighted by Crippen LogP contribution is -1.96. The normalized spacial score (nSPS) is 11.5. The Bertz CT molecular complexity index is 682. The summed E-state index contributed by atoms with van der Waals surface area (Å²) in [5, 5.41) is 11.9. The van der Waals surface area contributed by atoms with E-state index in [9.17, 15) is 18.4 Å². The number of hydrogen-bond donors (Lipinski definition) is 0. The van der Waals surface area contributed by atoms with Gasteiger partial charge in [0.05, 0.1) is 6.20 Å². The van der Waals surface area contributed by atoms with Crippen LogP contribution in [0.25, 0.3) is 0 Å². The van der Waals surface area contributed by atoms with E-state index in [0.29, 0.717) is 14.9 Å². The first-order chi connectivity index (χ1) is 10.6. The van der Waals surface area contributed by atoms with Gasteiger partial charge in [0.1, 0.15) is 4.88 Å². The molecule has 0 fully saturated rings. The van der Waals surface area contributed by atoms with Crippen LogP contribution in [0.2, 0.25) is 0 Å². The van der Waals surface area contributed by atoms with E-state index in [2.05, 4.69) is 4.98 Å². The van der Waals surface area contributed by atoms with Gasteiger partial charge in [-0.2, -0.15) is 13.5 Å². The molecule has 0 aliphatic heterocycles. The van der Waals surface area contributed by atoms with Crippen LogP contribution in [-0.2, 0) is 0 Å². The fourth-order valence-corrected chi connectivity index (χ4v) is 3.40. The van der Waals surface area contributed by atoms with Gasteiger partial charge in [-0.05, 0) is 0 Å². The third-order valence-electron chi connectivity index (χ3n) is 2.51. The van der Waals surface area contributed by atoms with Gasteiger partial charge < -0.3 is 5.21 Å². The molecule has 3 nitrogen and oxygen atoms in total. The molecular formula is C14H11F3N2OS2. The lowest BCUT2D eigenvalue weighted by Gasteiger charge is -2.00. The molecule has 0 N–H and O–H groups in total. The number of nitrogens with zero attached hydrogens (tertiary/aromatic N) is 2. The van der Waals surface area contributed by atoms with Crippen LogP contribution in [0.15, 0.2) is 52.8 Å². The van der Waals surface area contributed by atoms with E-state index in [1.807, 2.05) is 6.07 Å². The van der Waals surface area contributed by atoms with Crippen molar-refractivity contribution >= 4 is 35.0 Å². The number of aromatic nitrogens is 1. The molecule has 0 atom stereocenters. The molecule has 22 heavy (non-hydrogen) atoms. The third kappa shape index (κ3) is 4.88. The van der Waals surface area contributed by atoms with Crippen molar-refractivity contribution in [3.05, 3.63) is 58.5 Å². The SMILES string of the molecule is [O-]/[N+](=C\c1cnc(SCCC(F)=C(F)F)s1)c1ccccc1. The first-order valence-corrected chi connectivity index (χ1v) is 8.01. The molecule has 8 heteroatoms. The van der Waals surface area contributed by atoms with Crippen LogP contribution >= 0.6 is 23.1 Å². The molecule has 1 aromatic heterocycles. The van der Waals surface area contributed by atoms with Crippen molar-refractivity contribution in [2.75, 3.05) is 5.75 Å². The molecule has 0 aliphatic carbocycles. The summed E-state index contributed by atoms with van der Waals surface area (Å²) in [6.45, 7) is 0. The molecule has 0 bridgehead atoms. The first kappa shape index (κ1) is 16.6. The predicted octanol–water partition coefficient (Wildman–Crippen LogP) is 4.96. The zero-order chi connectivity index (χ0) is 15.9. The Morgan fingerprint density at radius 1 is 1.27 bits per heavy atom. The van der Waals surface area contributed by atoms with Gasteiger partial charge in [-0.1, -0.05) is 30.0 Å². The molecule has 0 saturated carbocycles. The highest BCUT2D eigenvalue weighted by molar-refractivity contribution is 8.01. The van der Waals surface area contributed by atoms with Crippen molar-refractivity contribution in [1.29, 1.82) is 0 Å². The fraction of sp³-hybridized carbons (Fsp3) is 0.143. The summed E-state index contributed by atoms with van der Waals surface area (Å²) >= 11 is 2.41. The number of benzene rings is 1. The van der Waals surface area contributed by atoms with Gasteiger partial charge in [0, 0.05) is 24.3 Å². The second-order valence-corrected chi connectivity index (χ2v) is 6.49. The average molecular weight is 344 g/mol. The van der Waals surface area contributed by atoms with Crippen molar-refractivity contribution in [3.63, 3.8) is 0 Å².